The van der Waals surface area contributed by atoms with Crippen molar-refractivity contribution in [2.24, 2.45) is 0 Å². The molecule has 0 fully saturated rings. The Kier molecular flexibility index (Phi) is 4.74. The SMILES string of the molecule is Cc1c(C)c(C)c(Cc2ccc(C(=O)Nc3ccc4[nH]ncc4c3)o2)c(C)c1C. The normalized spacial score (nSPS) is 11.2. The van der Waals surface area contributed by atoms with Crippen molar-refractivity contribution in [3.8, 4) is 0 Å². The standard InChI is InChI=1S/C24H25N3O2/c1-13-14(2)16(4)21(17(5)15(13)3)11-20-7-9-23(29-20)24(28)26-19-6-8-22-18(10-19)12-25-27-22/h6-10,12H,11H2,1-5H3,(H,25,27)(H,26,28). The monoisotopic (exact) mass is 387 g/mol. The highest BCUT2D eigenvalue weighted by molar-refractivity contribution is 6.03. The number of rotatable bonds is 4. The number of furan rings is 1. The fourth-order valence-corrected chi connectivity index (χ4v) is 3.83. The molecule has 0 radical (unpaired) electrons. The minimum absolute atomic E-state index is 0.260. The third-order valence-corrected chi connectivity index (χ3v) is 6.09. The number of aromatic nitrogens is 2. The van der Waals surface area contributed by atoms with Gasteiger partial charge in [0.05, 0.1) is 11.7 Å². The highest BCUT2D eigenvalue weighted by Crippen LogP contribution is 2.28. The number of carbonyl (C=O) groups is 1. The Morgan fingerprint density at radius 1 is 0.966 bits per heavy atom. The van der Waals surface area contributed by atoms with Gasteiger partial charge in [0.15, 0.2) is 5.76 Å². The molecule has 2 heterocycles. The van der Waals surface area contributed by atoms with Crippen LogP contribution in [0.2, 0.25) is 0 Å². The zero-order valence-electron chi connectivity index (χ0n) is 17.4. The van der Waals surface area contributed by atoms with Crippen molar-refractivity contribution in [3.05, 3.63) is 81.4 Å². The van der Waals surface area contributed by atoms with Gasteiger partial charge in [-0.05, 0) is 98.3 Å². The van der Waals surface area contributed by atoms with E-state index in [9.17, 15) is 4.79 Å². The Bertz CT molecular complexity index is 1200. The third-order valence-electron chi connectivity index (χ3n) is 6.09. The molecule has 148 valence electrons. The first-order valence-electron chi connectivity index (χ1n) is 9.74. The molecule has 4 aromatic rings. The second-order valence-electron chi connectivity index (χ2n) is 7.67. The molecule has 1 amide bonds. The average molecular weight is 387 g/mol. The summed E-state index contributed by atoms with van der Waals surface area (Å²) in [5, 5.41) is 10.7. The van der Waals surface area contributed by atoms with E-state index in [0.29, 0.717) is 17.9 Å². The van der Waals surface area contributed by atoms with Crippen molar-refractivity contribution in [1.82, 2.24) is 10.2 Å². The van der Waals surface area contributed by atoms with Crippen molar-refractivity contribution in [1.29, 1.82) is 0 Å². The molecule has 2 aromatic heterocycles. The summed E-state index contributed by atoms with van der Waals surface area (Å²) >= 11 is 0. The van der Waals surface area contributed by atoms with Gasteiger partial charge in [-0.25, -0.2) is 0 Å². The molecule has 0 bridgehead atoms. The number of nitrogens with zero attached hydrogens (tertiary/aromatic N) is 1. The summed E-state index contributed by atoms with van der Waals surface area (Å²) in [5.74, 6) is 0.834. The molecule has 0 spiro atoms. The van der Waals surface area contributed by atoms with E-state index < -0.39 is 0 Å². The summed E-state index contributed by atoms with van der Waals surface area (Å²) in [4.78, 5) is 12.6. The lowest BCUT2D eigenvalue weighted by molar-refractivity contribution is 0.0995. The fourth-order valence-electron chi connectivity index (χ4n) is 3.83. The van der Waals surface area contributed by atoms with Gasteiger partial charge in [0.1, 0.15) is 5.76 Å². The number of carbonyl (C=O) groups excluding carboxylic acids is 1. The minimum atomic E-state index is -0.260. The van der Waals surface area contributed by atoms with Crippen LogP contribution in [-0.4, -0.2) is 16.1 Å². The number of H-pyrrole nitrogens is 1. The van der Waals surface area contributed by atoms with Gasteiger partial charge in [0.2, 0.25) is 0 Å². The van der Waals surface area contributed by atoms with Crippen LogP contribution in [0, 0.1) is 34.6 Å². The van der Waals surface area contributed by atoms with Gasteiger partial charge >= 0.3 is 0 Å². The lowest BCUT2D eigenvalue weighted by Gasteiger charge is -2.18. The van der Waals surface area contributed by atoms with Crippen molar-refractivity contribution in [2.75, 3.05) is 5.32 Å². The largest absolute Gasteiger partial charge is 0.456 e. The van der Waals surface area contributed by atoms with E-state index in [2.05, 4.69) is 50.1 Å². The van der Waals surface area contributed by atoms with Gasteiger partial charge in [0.25, 0.3) is 5.91 Å². The molecule has 0 saturated carbocycles. The highest BCUT2D eigenvalue weighted by atomic mass is 16.3. The molecular weight excluding hydrogens is 362 g/mol. The Morgan fingerprint density at radius 2 is 1.66 bits per heavy atom. The summed E-state index contributed by atoms with van der Waals surface area (Å²) in [6, 6.07) is 9.23. The molecule has 2 N–H and O–H groups in total. The van der Waals surface area contributed by atoms with E-state index >= 15 is 0 Å². The van der Waals surface area contributed by atoms with E-state index in [1.165, 1.54) is 33.4 Å². The number of anilines is 1. The maximum atomic E-state index is 12.6. The summed E-state index contributed by atoms with van der Waals surface area (Å²) in [6.45, 7) is 10.8. The van der Waals surface area contributed by atoms with Crippen LogP contribution in [0.1, 0.15) is 49.7 Å². The number of nitrogens with one attached hydrogen (secondary N) is 2. The number of hydrogen-bond acceptors (Lipinski definition) is 3. The molecule has 0 aliphatic heterocycles. The molecule has 5 nitrogen and oxygen atoms in total. The smallest absolute Gasteiger partial charge is 0.291 e. The zero-order valence-corrected chi connectivity index (χ0v) is 17.4. The lowest BCUT2D eigenvalue weighted by Crippen LogP contribution is -2.10. The van der Waals surface area contributed by atoms with E-state index in [0.717, 1.165) is 16.7 Å². The van der Waals surface area contributed by atoms with Gasteiger partial charge in [0, 0.05) is 17.5 Å². The first-order chi connectivity index (χ1) is 13.8. The molecule has 0 unspecified atom stereocenters. The van der Waals surface area contributed by atoms with Gasteiger partial charge in [-0.1, -0.05) is 0 Å². The minimum Gasteiger partial charge on any atom is -0.456 e. The number of fused-ring (bicyclic) bond motifs is 1. The molecule has 0 aliphatic carbocycles. The molecule has 29 heavy (non-hydrogen) atoms. The molecule has 5 heteroatoms. The number of amides is 1. The second kappa shape index (κ2) is 7.24. The van der Waals surface area contributed by atoms with E-state index in [1.54, 1.807) is 12.3 Å². The lowest BCUT2D eigenvalue weighted by atomic mass is 9.88. The van der Waals surface area contributed by atoms with E-state index in [1.807, 2.05) is 24.3 Å². The maximum Gasteiger partial charge on any atom is 0.291 e. The Balaban J connectivity index is 1.55. The van der Waals surface area contributed by atoms with Crippen LogP contribution in [0.3, 0.4) is 0 Å². The molecule has 0 atom stereocenters. The van der Waals surface area contributed by atoms with Gasteiger partial charge < -0.3 is 9.73 Å². The molecule has 2 aromatic carbocycles. The van der Waals surface area contributed by atoms with Crippen molar-refractivity contribution in [2.45, 2.75) is 41.0 Å². The van der Waals surface area contributed by atoms with E-state index in [4.69, 9.17) is 4.42 Å². The third kappa shape index (κ3) is 3.44. The highest BCUT2D eigenvalue weighted by Gasteiger charge is 2.16. The molecule has 0 aliphatic rings. The molecular formula is C24H25N3O2. The Hall–Kier alpha value is -3.34. The van der Waals surface area contributed by atoms with E-state index in [-0.39, 0.29) is 5.91 Å². The quantitative estimate of drug-likeness (QED) is 0.483. The fraction of sp³-hybridized carbons (Fsp3) is 0.250. The topological polar surface area (TPSA) is 70.9 Å². The predicted molar refractivity (Wildman–Crippen MR) is 116 cm³/mol. The van der Waals surface area contributed by atoms with Crippen molar-refractivity contribution < 1.29 is 9.21 Å². The van der Waals surface area contributed by atoms with Gasteiger partial charge in [-0.15, -0.1) is 0 Å². The van der Waals surface area contributed by atoms with Crippen LogP contribution >= 0.6 is 0 Å². The predicted octanol–water partition coefficient (Wildman–Crippen LogP) is 5.54. The Morgan fingerprint density at radius 3 is 2.38 bits per heavy atom. The number of hydrogen-bond donors (Lipinski definition) is 2. The van der Waals surface area contributed by atoms with Crippen LogP contribution in [0.5, 0.6) is 0 Å². The van der Waals surface area contributed by atoms with Crippen LogP contribution in [-0.2, 0) is 6.42 Å². The first-order valence-corrected chi connectivity index (χ1v) is 9.74. The first kappa shape index (κ1) is 19.0. The van der Waals surface area contributed by atoms with Crippen LogP contribution in [0.25, 0.3) is 10.9 Å². The summed E-state index contributed by atoms with van der Waals surface area (Å²) in [6.07, 6.45) is 2.40. The number of benzene rings is 2. The van der Waals surface area contributed by atoms with Crippen molar-refractivity contribution >= 4 is 22.5 Å². The average Bonchev–Trinajstić information content (AvgIpc) is 3.37. The second-order valence-corrected chi connectivity index (χ2v) is 7.67. The Labute approximate surface area is 170 Å². The maximum absolute atomic E-state index is 12.6. The summed E-state index contributed by atoms with van der Waals surface area (Å²) in [5.41, 5.74) is 9.48. The zero-order chi connectivity index (χ0) is 20.7. The summed E-state index contributed by atoms with van der Waals surface area (Å²) in [7, 11) is 0. The van der Waals surface area contributed by atoms with Crippen molar-refractivity contribution in [3.63, 3.8) is 0 Å². The van der Waals surface area contributed by atoms with Gasteiger partial charge in [-0.3, -0.25) is 9.89 Å². The molecule has 0 saturated heterocycles. The van der Waals surface area contributed by atoms with Crippen LogP contribution in [0.15, 0.2) is 40.9 Å². The summed E-state index contributed by atoms with van der Waals surface area (Å²) < 4.78 is 5.88. The molecule has 4 rings (SSSR count). The van der Waals surface area contributed by atoms with Crippen LogP contribution in [0.4, 0.5) is 5.69 Å². The van der Waals surface area contributed by atoms with Crippen LogP contribution < -0.4 is 5.32 Å². The number of aromatic amines is 1. The van der Waals surface area contributed by atoms with Gasteiger partial charge in [-0.2, -0.15) is 5.10 Å².